The first-order chi connectivity index (χ1) is 6.06. The van der Waals surface area contributed by atoms with E-state index in [0.29, 0.717) is 5.75 Å². The van der Waals surface area contributed by atoms with Crippen molar-refractivity contribution in [1.29, 1.82) is 0 Å². The van der Waals surface area contributed by atoms with E-state index in [1.54, 1.807) is 11.8 Å². The van der Waals surface area contributed by atoms with Crippen molar-refractivity contribution in [2.75, 3.05) is 30.1 Å². The van der Waals surface area contributed by atoms with Gasteiger partial charge in [-0.2, -0.15) is 11.8 Å². The number of rotatable bonds is 8. The van der Waals surface area contributed by atoms with Crippen molar-refractivity contribution in [3.05, 3.63) is 0 Å². The van der Waals surface area contributed by atoms with Gasteiger partial charge in [0.25, 0.3) is 0 Å². The van der Waals surface area contributed by atoms with Gasteiger partial charge in [-0.15, -0.1) is 0 Å². The highest BCUT2D eigenvalue weighted by molar-refractivity contribution is 8.00. The molecule has 1 N–H and O–H groups in total. The lowest BCUT2D eigenvalue weighted by atomic mass is 10.3. The highest BCUT2D eigenvalue weighted by Crippen LogP contribution is 2.06. The van der Waals surface area contributed by atoms with Crippen LogP contribution >= 0.6 is 11.8 Å². The molecule has 0 saturated carbocycles. The van der Waals surface area contributed by atoms with E-state index in [1.807, 2.05) is 0 Å². The van der Waals surface area contributed by atoms with Gasteiger partial charge < -0.3 is 5.11 Å². The van der Waals surface area contributed by atoms with Crippen LogP contribution < -0.4 is 0 Å². The fourth-order valence-corrected chi connectivity index (χ4v) is 3.10. The lowest BCUT2D eigenvalue weighted by Crippen LogP contribution is -2.05. The van der Waals surface area contributed by atoms with Gasteiger partial charge in [0.05, 0.1) is 5.75 Å². The van der Waals surface area contributed by atoms with Gasteiger partial charge in [-0.1, -0.05) is 6.42 Å². The summed E-state index contributed by atoms with van der Waals surface area (Å²) in [5.74, 6) is 1.96. The van der Waals surface area contributed by atoms with Gasteiger partial charge in [0.15, 0.2) is 0 Å². The molecule has 0 aliphatic carbocycles. The molecule has 0 rings (SSSR count). The Labute approximate surface area is 84.8 Å². The predicted octanol–water partition coefficient (Wildman–Crippen LogP) is 0.927. The maximum atomic E-state index is 10.7. The Morgan fingerprint density at radius 1 is 1.15 bits per heavy atom. The average molecular weight is 226 g/mol. The molecule has 5 heteroatoms. The molecule has 0 aliphatic rings. The average Bonchev–Trinajstić information content (AvgIpc) is 2.01. The normalized spacial score (nSPS) is 11.8. The highest BCUT2D eigenvalue weighted by Gasteiger charge is 2.00. The Balaban J connectivity index is 3.09. The minimum Gasteiger partial charge on any atom is -0.396 e. The predicted molar refractivity (Wildman–Crippen MR) is 58.0 cm³/mol. The zero-order chi connectivity index (χ0) is 10.2. The van der Waals surface area contributed by atoms with Crippen LogP contribution in [0.3, 0.4) is 0 Å². The van der Waals surface area contributed by atoms with E-state index in [0.717, 1.165) is 25.0 Å². The maximum Gasteiger partial charge on any atom is 0.148 e. The first-order valence-corrected chi connectivity index (χ1v) is 7.64. The summed E-state index contributed by atoms with van der Waals surface area (Å²) in [7, 11) is -2.78. The van der Waals surface area contributed by atoms with Crippen LogP contribution in [0.5, 0.6) is 0 Å². The van der Waals surface area contributed by atoms with Gasteiger partial charge in [0.2, 0.25) is 0 Å². The summed E-state index contributed by atoms with van der Waals surface area (Å²) < 4.78 is 21.4. The van der Waals surface area contributed by atoms with Crippen LogP contribution in [-0.4, -0.2) is 43.6 Å². The Morgan fingerprint density at radius 2 is 1.85 bits per heavy atom. The Kier molecular flexibility index (Phi) is 7.80. The van der Waals surface area contributed by atoms with E-state index in [1.165, 1.54) is 6.26 Å². The molecular formula is C8H18O3S2. The Hall–Kier alpha value is 0.260. The molecule has 0 bridgehead atoms. The van der Waals surface area contributed by atoms with Crippen LogP contribution in [0.2, 0.25) is 0 Å². The first-order valence-electron chi connectivity index (χ1n) is 4.42. The van der Waals surface area contributed by atoms with Crippen molar-refractivity contribution in [1.82, 2.24) is 0 Å². The SMILES string of the molecule is CS(=O)(=O)CCSCCCCCO. The molecule has 0 spiro atoms. The van der Waals surface area contributed by atoms with E-state index in [4.69, 9.17) is 5.11 Å². The monoisotopic (exact) mass is 226 g/mol. The van der Waals surface area contributed by atoms with E-state index < -0.39 is 9.84 Å². The fourth-order valence-electron chi connectivity index (χ4n) is 0.805. The molecule has 3 nitrogen and oxygen atoms in total. The van der Waals surface area contributed by atoms with E-state index in [2.05, 4.69) is 0 Å². The number of sulfone groups is 1. The molecule has 0 saturated heterocycles. The lowest BCUT2D eigenvalue weighted by Gasteiger charge is -1.99. The van der Waals surface area contributed by atoms with Crippen LogP contribution in [-0.2, 0) is 9.84 Å². The number of aliphatic hydroxyl groups excluding tert-OH is 1. The van der Waals surface area contributed by atoms with E-state index >= 15 is 0 Å². The molecule has 0 aromatic heterocycles. The van der Waals surface area contributed by atoms with Crippen molar-refractivity contribution in [2.24, 2.45) is 0 Å². The van der Waals surface area contributed by atoms with Crippen molar-refractivity contribution >= 4 is 21.6 Å². The topological polar surface area (TPSA) is 54.4 Å². The smallest absolute Gasteiger partial charge is 0.148 e. The summed E-state index contributed by atoms with van der Waals surface area (Å²) in [5.41, 5.74) is 0. The van der Waals surface area contributed by atoms with Crippen molar-refractivity contribution in [3.63, 3.8) is 0 Å². The van der Waals surface area contributed by atoms with Gasteiger partial charge in [0, 0.05) is 18.6 Å². The third-order valence-corrected chi connectivity index (χ3v) is 3.82. The van der Waals surface area contributed by atoms with Crippen LogP contribution in [0.4, 0.5) is 0 Å². The summed E-state index contributed by atoms with van der Waals surface area (Å²) in [6.07, 6.45) is 4.21. The largest absolute Gasteiger partial charge is 0.396 e. The zero-order valence-electron chi connectivity index (χ0n) is 8.03. The molecule has 0 atom stereocenters. The van der Waals surface area contributed by atoms with Crippen molar-refractivity contribution < 1.29 is 13.5 Å². The molecule has 0 unspecified atom stereocenters. The van der Waals surface area contributed by atoms with Crippen molar-refractivity contribution in [2.45, 2.75) is 19.3 Å². The second-order valence-corrected chi connectivity index (χ2v) is 6.51. The maximum absolute atomic E-state index is 10.7. The highest BCUT2D eigenvalue weighted by atomic mass is 32.2. The summed E-state index contributed by atoms with van der Waals surface area (Å²) in [4.78, 5) is 0. The molecule has 13 heavy (non-hydrogen) atoms. The molecule has 0 aromatic carbocycles. The van der Waals surface area contributed by atoms with Crippen LogP contribution in [0, 0.1) is 0 Å². The van der Waals surface area contributed by atoms with Crippen molar-refractivity contribution in [3.8, 4) is 0 Å². The summed E-state index contributed by atoms with van der Waals surface area (Å²) in [5, 5.41) is 8.49. The minimum atomic E-state index is -2.78. The van der Waals surface area contributed by atoms with Gasteiger partial charge in [-0.25, -0.2) is 8.42 Å². The summed E-state index contributed by atoms with van der Waals surface area (Å²) in [6, 6.07) is 0. The number of unbranched alkanes of at least 4 members (excludes halogenated alkanes) is 2. The number of aliphatic hydroxyl groups is 1. The summed E-state index contributed by atoms with van der Waals surface area (Å²) in [6.45, 7) is 0.258. The number of hydrogen-bond donors (Lipinski definition) is 1. The molecule has 0 aromatic rings. The Bertz CT molecular complexity index is 199. The van der Waals surface area contributed by atoms with Gasteiger partial charge >= 0.3 is 0 Å². The third-order valence-electron chi connectivity index (χ3n) is 1.55. The molecule has 0 amide bonds. The van der Waals surface area contributed by atoms with Crippen LogP contribution in [0.25, 0.3) is 0 Å². The first kappa shape index (κ1) is 13.3. The standard InChI is InChI=1S/C8H18O3S2/c1-13(10,11)8-7-12-6-4-2-3-5-9/h9H,2-8H2,1H3. The molecule has 0 heterocycles. The fraction of sp³-hybridized carbons (Fsp3) is 1.00. The van der Waals surface area contributed by atoms with Gasteiger partial charge in [-0.3, -0.25) is 0 Å². The number of thioether (sulfide) groups is 1. The second kappa shape index (κ2) is 7.64. The number of hydrogen-bond acceptors (Lipinski definition) is 4. The molecule has 0 radical (unpaired) electrons. The Morgan fingerprint density at radius 3 is 2.38 bits per heavy atom. The minimum absolute atomic E-state index is 0.258. The van der Waals surface area contributed by atoms with Gasteiger partial charge in [0.1, 0.15) is 9.84 Å². The summed E-state index contributed by atoms with van der Waals surface area (Å²) >= 11 is 1.67. The van der Waals surface area contributed by atoms with Gasteiger partial charge in [-0.05, 0) is 18.6 Å². The van der Waals surface area contributed by atoms with Crippen LogP contribution in [0.15, 0.2) is 0 Å². The molecule has 80 valence electrons. The second-order valence-electron chi connectivity index (χ2n) is 3.03. The molecular weight excluding hydrogens is 208 g/mol. The zero-order valence-corrected chi connectivity index (χ0v) is 9.66. The molecule has 0 aliphatic heterocycles. The van der Waals surface area contributed by atoms with Crippen LogP contribution in [0.1, 0.15) is 19.3 Å². The third kappa shape index (κ3) is 12.3. The molecule has 0 fully saturated rings. The van der Waals surface area contributed by atoms with E-state index in [-0.39, 0.29) is 12.4 Å². The quantitative estimate of drug-likeness (QED) is 0.626. The lowest BCUT2D eigenvalue weighted by molar-refractivity contribution is 0.284. The van der Waals surface area contributed by atoms with E-state index in [9.17, 15) is 8.42 Å².